The summed E-state index contributed by atoms with van der Waals surface area (Å²) in [6, 6.07) is 6.29. The Morgan fingerprint density at radius 1 is 1.27 bits per heavy atom. The number of fused-ring (bicyclic) bond motifs is 2. The van der Waals surface area contributed by atoms with Crippen LogP contribution in [0, 0.1) is 6.92 Å². The van der Waals surface area contributed by atoms with Crippen LogP contribution in [0.5, 0.6) is 0 Å². The maximum Gasteiger partial charge on any atom is 0.230 e. The number of rotatable bonds is 2. The van der Waals surface area contributed by atoms with Gasteiger partial charge < -0.3 is 9.88 Å². The molecule has 1 saturated heterocycles. The lowest BCUT2D eigenvalue weighted by atomic mass is 9.86. The van der Waals surface area contributed by atoms with Gasteiger partial charge in [0.1, 0.15) is 5.82 Å². The molecule has 2 N–H and O–H groups in total. The minimum Gasteiger partial charge on any atom is -0.340 e. The SMILES string of the molecule is Cc1ccc2nc([C@H]3CCCN3C(=O)[C@@H]3CCCc4[nH]ncc43)[nH]c2c1. The molecular weight excluding hydrogens is 326 g/mol. The van der Waals surface area contributed by atoms with E-state index in [-0.39, 0.29) is 17.9 Å². The van der Waals surface area contributed by atoms with Gasteiger partial charge in [-0.15, -0.1) is 0 Å². The van der Waals surface area contributed by atoms with Crippen molar-refractivity contribution in [2.45, 2.75) is 51.0 Å². The average molecular weight is 349 g/mol. The number of nitrogens with one attached hydrogen (secondary N) is 2. The molecule has 0 radical (unpaired) electrons. The number of carbonyl (C=O) groups is 1. The molecule has 3 aromatic rings. The summed E-state index contributed by atoms with van der Waals surface area (Å²) in [6.45, 7) is 2.89. The maximum absolute atomic E-state index is 13.4. The number of amides is 1. The van der Waals surface area contributed by atoms with Crippen molar-refractivity contribution >= 4 is 16.9 Å². The normalized spacial score (nSPS) is 22.7. The van der Waals surface area contributed by atoms with E-state index in [0.717, 1.165) is 66.8 Å². The standard InChI is InChI=1S/C20H23N5O/c1-12-7-8-16-17(10-12)23-19(22-16)18-6-3-9-25(18)20(26)13-4-2-5-15-14(13)11-21-24-15/h7-8,10-11,13,18H,2-6,9H2,1H3,(H,21,24)(H,22,23)/t13-,18-/m1/s1. The molecule has 1 aliphatic heterocycles. The lowest BCUT2D eigenvalue weighted by molar-refractivity contribution is -0.134. The quantitative estimate of drug-likeness (QED) is 0.744. The second-order valence-electron chi connectivity index (χ2n) is 7.58. The molecule has 1 fully saturated rings. The summed E-state index contributed by atoms with van der Waals surface area (Å²) in [4.78, 5) is 23.6. The second kappa shape index (κ2) is 5.97. The summed E-state index contributed by atoms with van der Waals surface area (Å²) < 4.78 is 0. The van der Waals surface area contributed by atoms with Crippen molar-refractivity contribution in [3.8, 4) is 0 Å². The van der Waals surface area contributed by atoms with E-state index in [1.54, 1.807) is 0 Å². The first-order valence-electron chi connectivity index (χ1n) is 9.49. The monoisotopic (exact) mass is 349 g/mol. The van der Waals surface area contributed by atoms with E-state index in [1.807, 2.05) is 17.2 Å². The fourth-order valence-corrected chi connectivity index (χ4v) is 4.53. The van der Waals surface area contributed by atoms with Crippen LogP contribution in [0.2, 0.25) is 0 Å². The molecule has 6 nitrogen and oxygen atoms in total. The van der Waals surface area contributed by atoms with Gasteiger partial charge in [-0.3, -0.25) is 9.89 Å². The van der Waals surface area contributed by atoms with Crippen LogP contribution in [0.25, 0.3) is 11.0 Å². The number of hydrogen-bond donors (Lipinski definition) is 2. The molecule has 1 aromatic carbocycles. The van der Waals surface area contributed by atoms with E-state index in [0.29, 0.717) is 0 Å². The summed E-state index contributed by atoms with van der Waals surface area (Å²) >= 11 is 0. The number of aryl methyl sites for hydroxylation is 2. The fraction of sp³-hybridized carbons (Fsp3) is 0.450. The lowest BCUT2D eigenvalue weighted by Crippen LogP contribution is -2.36. The molecule has 0 spiro atoms. The van der Waals surface area contributed by atoms with E-state index >= 15 is 0 Å². The molecular formula is C20H23N5O. The Morgan fingerprint density at radius 2 is 2.19 bits per heavy atom. The molecule has 1 aliphatic carbocycles. The van der Waals surface area contributed by atoms with Crippen molar-refractivity contribution in [2.24, 2.45) is 0 Å². The van der Waals surface area contributed by atoms with Crippen LogP contribution < -0.4 is 0 Å². The highest BCUT2D eigenvalue weighted by Gasteiger charge is 2.38. The third-order valence-corrected chi connectivity index (χ3v) is 5.85. The van der Waals surface area contributed by atoms with E-state index < -0.39 is 0 Å². The maximum atomic E-state index is 13.4. The van der Waals surface area contributed by atoms with Crippen molar-refractivity contribution in [3.63, 3.8) is 0 Å². The Hall–Kier alpha value is -2.63. The number of imidazole rings is 1. The first-order valence-corrected chi connectivity index (χ1v) is 9.49. The van der Waals surface area contributed by atoms with Crippen molar-refractivity contribution < 1.29 is 4.79 Å². The molecule has 3 heterocycles. The molecule has 2 atom stereocenters. The van der Waals surface area contributed by atoms with Gasteiger partial charge in [0.05, 0.1) is 29.2 Å². The third-order valence-electron chi connectivity index (χ3n) is 5.85. The highest BCUT2D eigenvalue weighted by molar-refractivity contribution is 5.85. The average Bonchev–Trinajstić information content (AvgIpc) is 3.37. The largest absolute Gasteiger partial charge is 0.340 e. The predicted octanol–water partition coefficient (Wildman–Crippen LogP) is 3.38. The van der Waals surface area contributed by atoms with Gasteiger partial charge in [-0.05, 0) is 56.7 Å². The first-order chi connectivity index (χ1) is 12.7. The zero-order valence-corrected chi connectivity index (χ0v) is 15.0. The number of aromatic nitrogens is 4. The van der Waals surface area contributed by atoms with Gasteiger partial charge in [0.15, 0.2) is 0 Å². The Balaban J connectivity index is 1.46. The van der Waals surface area contributed by atoms with Gasteiger partial charge in [0.2, 0.25) is 5.91 Å². The Morgan fingerprint density at radius 3 is 3.12 bits per heavy atom. The zero-order chi connectivity index (χ0) is 17.7. The molecule has 2 aromatic heterocycles. The molecule has 0 saturated carbocycles. The summed E-state index contributed by atoms with van der Waals surface area (Å²) in [7, 11) is 0. The smallest absolute Gasteiger partial charge is 0.230 e. The molecule has 2 aliphatic rings. The second-order valence-corrected chi connectivity index (χ2v) is 7.58. The summed E-state index contributed by atoms with van der Waals surface area (Å²) in [5.74, 6) is 1.08. The Bertz CT molecular complexity index is 972. The van der Waals surface area contributed by atoms with Crippen molar-refractivity contribution in [3.05, 3.63) is 47.0 Å². The summed E-state index contributed by atoms with van der Waals surface area (Å²) in [6.07, 6.45) is 6.77. The highest BCUT2D eigenvalue weighted by Crippen LogP contribution is 2.38. The minimum atomic E-state index is -0.0651. The molecule has 0 bridgehead atoms. The number of carbonyl (C=O) groups excluding carboxylic acids is 1. The van der Waals surface area contributed by atoms with E-state index in [1.165, 1.54) is 5.56 Å². The van der Waals surface area contributed by atoms with Crippen LogP contribution in [0.15, 0.2) is 24.4 Å². The number of H-pyrrole nitrogens is 2. The number of likely N-dealkylation sites (tertiary alicyclic amines) is 1. The van der Waals surface area contributed by atoms with Crippen LogP contribution in [-0.4, -0.2) is 37.5 Å². The zero-order valence-electron chi connectivity index (χ0n) is 15.0. The number of nitrogens with zero attached hydrogens (tertiary/aromatic N) is 3. The van der Waals surface area contributed by atoms with E-state index in [4.69, 9.17) is 4.98 Å². The predicted molar refractivity (Wildman–Crippen MR) is 98.8 cm³/mol. The molecule has 0 unspecified atom stereocenters. The molecule has 5 rings (SSSR count). The lowest BCUT2D eigenvalue weighted by Gasteiger charge is -2.29. The Labute approximate surface area is 152 Å². The van der Waals surface area contributed by atoms with E-state index in [9.17, 15) is 4.79 Å². The van der Waals surface area contributed by atoms with Crippen molar-refractivity contribution in [1.82, 2.24) is 25.1 Å². The van der Waals surface area contributed by atoms with Crippen LogP contribution in [-0.2, 0) is 11.2 Å². The van der Waals surface area contributed by atoms with Gasteiger partial charge in [0, 0.05) is 17.8 Å². The number of benzene rings is 1. The number of aromatic amines is 2. The van der Waals surface area contributed by atoms with Crippen molar-refractivity contribution in [1.29, 1.82) is 0 Å². The third kappa shape index (κ3) is 2.43. The van der Waals surface area contributed by atoms with Gasteiger partial charge in [-0.1, -0.05) is 6.07 Å². The van der Waals surface area contributed by atoms with Gasteiger partial charge in [-0.2, -0.15) is 5.10 Å². The molecule has 1 amide bonds. The van der Waals surface area contributed by atoms with Crippen LogP contribution in [0.4, 0.5) is 0 Å². The summed E-state index contributed by atoms with van der Waals surface area (Å²) in [5, 5.41) is 7.22. The first kappa shape index (κ1) is 15.6. The van der Waals surface area contributed by atoms with Crippen LogP contribution in [0.1, 0.15) is 60.3 Å². The molecule has 26 heavy (non-hydrogen) atoms. The Kier molecular flexibility index (Phi) is 3.58. The van der Waals surface area contributed by atoms with Crippen LogP contribution in [0.3, 0.4) is 0 Å². The topological polar surface area (TPSA) is 77.7 Å². The van der Waals surface area contributed by atoms with E-state index in [2.05, 4.69) is 34.2 Å². The molecule has 6 heteroatoms. The highest BCUT2D eigenvalue weighted by atomic mass is 16.2. The number of hydrogen-bond acceptors (Lipinski definition) is 3. The van der Waals surface area contributed by atoms with Gasteiger partial charge in [0.25, 0.3) is 0 Å². The van der Waals surface area contributed by atoms with Gasteiger partial charge >= 0.3 is 0 Å². The minimum absolute atomic E-state index is 0.0486. The van der Waals surface area contributed by atoms with Crippen LogP contribution >= 0.6 is 0 Å². The summed E-state index contributed by atoms with van der Waals surface area (Å²) in [5.41, 5.74) is 5.45. The molecule has 134 valence electrons. The fourth-order valence-electron chi connectivity index (χ4n) is 4.53. The van der Waals surface area contributed by atoms with Gasteiger partial charge in [-0.25, -0.2) is 4.98 Å². The van der Waals surface area contributed by atoms with Crippen molar-refractivity contribution in [2.75, 3.05) is 6.54 Å².